The molecular weight excluding hydrogens is 234 g/mol. The third-order valence-electron chi connectivity index (χ3n) is 2.05. The highest BCUT2D eigenvalue weighted by Crippen LogP contribution is 2.11. The molecule has 1 atom stereocenters. The van der Waals surface area contributed by atoms with Crippen molar-refractivity contribution in [3.63, 3.8) is 0 Å². The lowest BCUT2D eigenvalue weighted by Gasteiger charge is -2.11. The third-order valence-corrected chi connectivity index (χ3v) is 2.99. The molecule has 1 amide bonds. The van der Waals surface area contributed by atoms with Gasteiger partial charge in [-0.05, 0) is 13.8 Å². The van der Waals surface area contributed by atoms with Crippen molar-refractivity contribution >= 4 is 29.7 Å². The van der Waals surface area contributed by atoms with E-state index in [0.29, 0.717) is 6.54 Å². The molecule has 0 saturated heterocycles. The van der Waals surface area contributed by atoms with Crippen LogP contribution in [0.15, 0.2) is 5.51 Å². The number of nitrogens with one attached hydrogen (secondary N) is 2. The second-order valence-electron chi connectivity index (χ2n) is 3.08. The molecule has 4 nitrogen and oxygen atoms in total. The van der Waals surface area contributed by atoms with Gasteiger partial charge >= 0.3 is 0 Å². The van der Waals surface area contributed by atoms with E-state index >= 15 is 0 Å². The van der Waals surface area contributed by atoms with Crippen LogP contribution in [0.25, 0.3) is 0 Å². The van der Waals surface area contributed by atoms with Gasteiger partial charge in [0.25, 0.3) is 0 Å². The van der Waals surface area contributed by atoms with Gasteiger partial charge in [0.1, 0.15) is 0 Å². The monoisotopic (exact) mass is 249 g/mol. The summed E-state index contributed by atoms with van der Waals surface area (Å²) < 4.78 is 0. The van der Waals surface area contributed by atoms with Gasteiger partial charge in [-0.2, -0.15) is 0 Å². The van der Waals surface area contributed by atoms with E-state index in [9.17, 15) is 4.79 Å². The fraction of sp³-hybridized carbons (Fsp3) is 0.556. The maximum Gasteiger partial charge on any atom is 0.236 e. The number of aromatic nitrogens is 1. The van der Waals surface area contributed by atoms with E-state index < -0.39 is 0 Å². The molecule has 0 aliphatic carbocycles. The Balaban J connectivity index is 0.00000196. The zero-order valence-electron chi connectivity index (χ0n) is 9.03. The van der Waals surface area contributed by atoms with Crippen LogP contribution in [0.2, 0.25) is 0 Å². The average Bonchev–Trinajstić information content (AvgIpc) is 2.59. The second-order valence-corrected chi connectivity index (χ2v) is 4.02. The van der Waals surface area contributed by atoms with E-state index in [-0.39, 0.29) is 24.4 Å². The predicted molar refractivity (Wildman–Crippen MR) is 64.5 cm³/mol. The van der Waals surface area contributed by atoms with Crippen molar-refractivity contribution in [2.24, 2.45) is 0 Å². The molecule has 0 aromatic carbocycles. The molecule has 2 N–H and O–H groups in total. The highest BCUT2D eigenvalue weighted by atomic mass is 35.5. The predicted octanol–water partition coefficient (Wildman–Crippen LogP) is 1.10. The SMILES string of the molecule is CNC(=O)[C@@H](C)NCc1scnc1C.Cl. The highest BCUT2D eigenvalue weighted by molar-refractivity contribution is 7.09. The van der Waals surface area contributed by atoms with Crippen LogP contribution >= 0.6 is 23.7 Å². The van der Waals surface area contributed by atoms with Crippen molar-refractivity contribution < 1.29 is 4.79 Å². The minimum absolute atomic E-state index is 0. The molecule has 1 rings (SSSR count). The molecule has 86 valence electrons. The van der Waals surface area contributed by atoms with Crippen LogP contribution in [0, 0.1) is 6.92 Å². The summed E-state index contributed by atoms with van der Waals surface area (Å²) >= 11 is 1.61. The summed E-state index contributed by atoms with van der Waals surface area (Å²) in [6.07, 6.45) is 0. The molecule has 1 aromatic rings. The van der Waals surface area contributed by atoms with E-state index in [2.05, 4.69) is 15.6 Å². The third kappa shape index (κ3) is 4.15. The first kappa shape index (κ1) is 14.3. The molecule has 1 aromatic heterocycles. The molecule has 0 unspecified atom stereocenters. The number of carbonyl (C=O) groups is 1. The summed E-state index contributed by atoms with van der Waals surface area (Å²) in [5, 5.41) is 5.73. The van der Waals surface area contributed by atoms with Gasteiger partial charge in [-0.25, -0.2) is 4.98 Å². The lowest BCUT2D eigenvalue weighted by atomic mass is 10.3. The molecule has 6 heteroatoms. The summed E-state index contributed by atoms with van der Waals surface area (Å²) in [5.41, 5.74) is 2.85. The van der Waals surface area contributed by atoms with Gasteiger partial charge in [-0.3, -0.25) is 4.79 Å². The minimum atomic E-state index is -0.165. The fourth-order valence-electron chi connectivity index (χ4n) is 1.05. The van der Waals surface area contributed by atoms with E-state index in [1.54, 1.807) is 18.4 Å². The van der Waals surface area contributed by atoms with Gasteiger partial charge in [-0.1, -0.05) is 0 Å². The number of aryl methyl sites for hydroxylation is 1. The zero-order valence-corrected chi connectivity index (χ0v) is 10.7. The number of likely N-dealkylation sites (N-methyl/N-ethyl adjacent to an activating group) is 1. The maximum atomic E-state index is 11.2. The Hall–Kier alpha value is -0.650. The van der Waals surface area contributed by atoms with Crippen molar-refractivity contribution in [3.8, 4) is 0 Å². The van der Waals surface area contributed by atoms with E-state index in [4.69, 9.17) is 0 Å². The quantitative estimate of drug-likeness (QED) is 0.840. The Labute approximate surface area is 99.9 Å². The number of rotatable bonds is 4. The highest BCUT2D eigenvalue weighted by Gasteiger charge is 2.10. The maximum absolute atomic E-state index is 11.2. The number of amides is 1. The summed E-state index contributed by atoms with van der Waals surface area (Å²) in [6, 6.07) is -0.165. The number of nitrogens with zero attached hydrogens (tertiary/aromatic N) is 1. The number of carbonyl (C=O) groups excluding carboxylic acids is 1. The topological polar surface area (TPSA) is 54.0 Å². The van der Waals surface area contributed by atoms with Crippen LogP contribution in [0.4, 0.5) is 0 Å². The number of thiazole rings is 1. The number of hydrogen-bond donors (Lipinski definition) is 2. The van der Waals surface area contributed by atoms with Gasteiger partial charge in [0.15, 0.2) is 0 Å². The van der Waals surface area contributed by atoms with Crippen molar-refractivity contribution in [2.45, 2.75) is 26.4 Å². The van der Waals surface area contributed by atoms with E-state index in [0.717, 1.165) is 5.69 Å². The lowest BCUT2D eigenvalue weighted by molar-refractivity contribution is -0.122. The molecule has 0 aliphatic rings. The first-order valence-corrected chi connectivity index (χ1v) is 5.37. The first-order chi connectivity index (χ1) is 6.65. The van der Waals surface area contributed by atoms with E-state index in [1.165, 1.54) is 4.88 Å². The lowest BCUT2D eigenvalue weighted by Crippen LogP contribution is -2.40. The van der Waals surface area contributed by atoms with Gasteiger partial charge < -0.3 is 10.6 Å². The molecule has 15 heavy (non-hydrogen) atoms. The standard InChI is InChI=1S/C9H15N3OS.ClH/c1-6-8(14-5-12-6)4-11-7(2)9(13)10-3;/h5,7,11H,4H2,1-3H3,(H,10,13);1H/t7-;/m1./s1. The number of hydrogen-bond acceptors (Lipinski definition) is 4. The molecule has 0 saturated carbocycles. The Morgan fingerprint density at radius 2 is 2.33 bits per heavy atom. The smallest absolute Gasteiger partial charge is 0.236 e. The van der Waals surface area contributed by atoms with Crippen LogP contribution in [-0.4, -0.2) is 24.0 Å². The largest absolute Gasteiger partial charge is 0.358 e. The summed E-state index contributed by atoms with van der Waals surface area (Å²) in [7, 11) is 1.64. The Bertz CT molecular complexity index is 316. The summed E-state index contributed by atoms with van der Waals surface area (Å²) in [4.78, 5) is 16.5. The van der Waals surface area contributed by atoms with Crippen molar-refractivity contribution in [1.82, 2.24) is 15.6 Å². The first-order valence-electron chi connectivity index (χ1n) is 4.49. The van der Waals surface area contributed by atoms with Crippen LogP contribution in [-0.2, 0) is 11.3 Å². The number of halogens is 1. The molecule has 0 bridgehead atoms. The molecule has 0 fully saturated rings. The van der Waals surface area contributed by atoms with Gasteiger partial charge in [0.2, 0.25) is 5.91 Å². The van der Waals surface area contributed by atoms with Crippen LogP contribution in [0.1, 0.15) is 17.5 Å². The minimum Gasteiger partial charge on any atom is -0.358 e. The molecule has 0 spiro atoms. The van der Waals surface area contributed by atoms with Crippen molar-refractivity contribution in [1.29, 1.82) is 0 Å². The van der Waals surface area contributed by atoms with Gasteiger partial charge in [0.05, 0.1) is 17.2 Å². The molecule has 1 heterocycles. The Kier molecular flexibility index (Phi) is 6.47. The normalized spacial score (nSPS) is 11.7. The average molecular weight is 250 g/mol. The Morgan fingerprint density at radius 1 is 1.67 bits per heavy atom. The molecule has 0 radical (unpaired) electrons. The second kappa shape index (κ2) is 6.76. The Morgan fingerprint density at radius 3 is 2.80 bits per heavy atom. The van der Waals surface area contributed by atoms with Crippen LogP contribution in [0.5, 0.6) is 0 Å². The molecular formula is C9H16ClN3OS. The van der Waals surface area contributed by atoms with Crippen molar-refractivity contribution in [3.05, 3.63) is 16.1 Å². The summed E-state index contributed by atoms with van der Waals surface area (Å²) in [5.74, 6) is 0.00664. The van der Waals surface area contributed by atoms with Crippen LogP contribution in [0.3, 0.4) is 0 Å². The van der Waals surface area contributed by atoms with Gasteiger partial charge in [0, 0.05) is 18.5 Å². The van der Waals surface area contributed by atoms with Crippen LogP contribution < -0.4 is 10.6 Å². The van der Waals surface area contributed by atoms with Gasteiger partial charge in [-0.15, -0.1) is 23.7 Å². The summed E-state index contributed by atoms with van der Waals surface area (Å²) in [6.45, 7) is 4.51. The van der Waals surface area contributed by atoms with Crippen molar-refractivity contribution in [2.75, 3.05) is 7.05 Å². The zero-order chi connectivity index (χ0) is 10.6. The molecule has 0 aliphatic heterocycles. The fourth-order valence-corrected chi connectivity index (χ4v) is 1.78. The van der Waals surface area contributed by atoms with E-state index in [1.807, 2.05) is 19.4 Å².